The molecule has 0 bridgehead atoms. The van der Waals surface area contributed by atoms with Crippen LogP contribution in [0.2, 0.25) is 5.02 Å². The molecule has 0 aliphatic heterocycles. The van der Waals surface area contributed by atoms with Crippen molar-refractivity contribution in [1.82, 2.24) is 10.2 Å². The summed E-state index contributed by atoms with van der Waals surface area (Å²) in [5.74, 6) is 0. The lowest BCUT2D eigenvalue weighted by atomic mass is 10.0. The standard InChI is InChI=1S/C15H25ClN2/c1-12(7-6-10-17-3)18(4)13(2)14-8-5-9-15(16)11-14/h5,8-9,11-13,17H,6-7,10H2,1-4H3. The molecule has 0 heterocycles. The van der Waals surface area contributed by atoms with Gasteiger partial charge in [0.15, 0.2) is 0 Å². The summed E-state index contributed by atoms with van der Waals surface area (Å²) in [6, 6.07) is 9.12. The highest BCUT2D eigenvalue weighted by Crippen LogP contribution is 2.24. The number of hydrogen-bond donors (Lipinski definition) is 1. The summed E-state index contributed by atoms with van der Waals surface area (Å²) in [5, 5.41) is 4.01. The van der Waals surface area contributed by atoms with E-state index in [0.29, 0.717) is 12.1 Å². The average Bonchev–Trinajstić information content (AvgIpc) is 2.37. The van der Waals surface area contributed by atoms with Crippen molar-refractivity contribution < 1.29 is 0 Å². The van der Waals surface area contributed by atoms with Gasteiger partial charge in [-0.05, 0) is 65.0 Å². The van der Waals surface area contributed by atoms with Crippen LogP contribution in [0.4, 0.5) is 0 Å². The van der Waals surface area contributed by atoms with Crippen LogP contribution in [-0.2, 0) is 0 Å². The third-order valence-electron chi connectivity index (χ3n) is 3.69. The van der Waals surface area contributed by atoms with E-state index >= 15 is 0 Å². The minimum atomic E-state index is 0.397. The van der Waals surface area contributed by atoms with Gasteiger partial charge in [0.25, 0.3) is 0 Å². The molecule has 2 atom stereocenters. The van der Waals surface area contributed by atoms with Crippen molar-refractivity contribution in [3.8, 4) is 0 Å². The fourth-order valence-electron chi connectivity index (χ4n) is 2.16. The van der Waals surface area contributed by atoms with Crippen LogP contribution in [0.25, 0.3) is 0 Å². The molecule has 1 aromatic carbocycles. The molecule has 0 aliphatic carbocycles. The summed E-state index contributed by atoms with van der Waals surface area (Å²) in [6.07, 6.45) is 2.42. The zero-order chi connectivity index (χ0) is 13.5. The molecule has 1 aromatic rings. The highest BCUT2D eigenvalue weighted by atomic mass is 35.5. The second-order valence-electron chi connectivity index (χ2n) is 4.99. The van der Waals surface area contributed by atoms with Crippen molar-refractivity contribution >= 4 is 11.6 Å². The molecule has 1 rings (SSSR count). The molecule has 0 radical (unpaired) electrons. The molecule has 1 N–H and O–H groups in total. The van der Waals surface area contributed by atoms with Crippen molar-refractivity contribution in [3.63, 3.8) is 0 Å². The molecular formula is C15H25ClN2. The van der Waals surface area contributed by atoms with Crippen LogP contribution in [0.3, 0.4) is 0 Å². The minimum absolute atomic E-state index is 0.397. The van der Waals surface area contributed by atoms with Crippen LogP contribution >= 0.6 is 11.6 Å². The molecule has 2 unspecified atom stereocenters. The molecule has 2 nitrogen and oxygen atoms in total. The van der Waals surface area contributed by atoms with Gasteiger partial charge in [0, 0.05) is 17.1 Å². The number of hydrogen-bond acceptors (Lipinski definition) is 2. The molecule has 18 heavy (non-hydrogen) atoms. The smallest absolute Gasteiger partial charge is 0.0409 e. The van der Waals surface area contributed by atoms with E-state index in [1.165, 1.54) is 18.4 Å². The van der Waals surface area contributed by atoms with E-state index in [1.807, 2.05) is 19.2 Å². The molecule has 0 fully saturated rings. The predicted molar refractivity (Wildman–Crippen MR) is 80.3 cm³/mol. The first-order valence-electron chi connectivity index (χ1n) is 6.68. The van der Waals surface area contributed by atoms with Crippen LogP contribution in [0.1, 0.15) is 38.3 Å². The molecule has 3 heteroatoms. The Kier molecular flexibility index (Phi) is 6.69. The second-order valence-corrected chi connectivity index (χ2v) is 5.43. The van der Waals surface area contributed by atoms with E-state index in [9.17, 15) is 0 Å². The van der Waals surface area contributed by atoms with Gasteiger partial charge in [-0.25, -0.2) is 0 Å². The third-order valence-corrected chi connectivity index (χ3v) is 3.92. The van der Waals surface area contributed by atoms with E-state index < -0.39 is 0 Å². The monoisotopic (exact) mass is 268 g/mol. The molecular weight excluding hydrogens is 244 g/mol. The van der Waals surface area contributed by atoms with Crippen LogP contribution in [-0.4, -0.2) is 31.6 Å². The Morgan fingerprint density at radius 1 is 1.33 bits per heavy atom. The number of rotatable bonds is 7. The van der Waals surface area contributed by atoms with E-state index in [0.717, 1.165) is 11.6 Å². The van der Waals surface area contributed by atoms with Crippen LogP contribution in [0.15, 0.2) is 24.3 Å². The summed E-state index contributed by atoms with van der Waals surface area (Å²) in [6.45, 7) is 5.61. The number of benzene rings is 1. The normalized spacial score (nSPS) is 14.8. The Balaban J connectivity index is 2.57. The Morgan fingerprint density at radius 2 is 2.06 bits per heavy atom. The van der Waals surface area contributed by atoms with Crippen LogP contribution < -0.4 is 5.32 Å². The minimum Gasteiger partial charge on any atom is -0.320 e. The van der Waals surface area contributed by atoms with Crippen LogP contribution in [0.5, 0.6) is 0 Å². The molecule has 0 saturated carbocycles. The second kappa shape index (κ2) is 7.78. The quantitative estimate of drug-likeness (QED) is 0.759. The summed E-state index contributed by atoms with van der Waals surface area (Å²) in [7, 11) is 4.19. The zero-order valence-electron chi connectivity index (χ0n) is 11.9. The Bertz CT molecular complexity index is 354. The van der Waals surface area contributed by atoms with Crippen molar-refractivity contribution in [2.24, 2.45) is 0 Å². The maximum absolute atomic E-state index is 6.05. The van der Waals surface area contributed by atoms with Crippen molar-refractivity contribution in [2.45, 2.75) is 38.8 Å². The van der Waals surface area contributed by atoms with Gasteiger partial charge in [0.2, 0.25) is 0 Å². The van der Waals surface area contributed by atoms with E-state index in [4.69, 9.17) is 11.6 Å². The summed E-state index contributed by atoms with van der Waals surface area (Å²) in [5.41, 5.74) is 1.28. The SMILES string of the molecule is CNCCCC(C)N(C)C(C)c1cccc(Cl)c1. The highest BCUT2D eigenvalue weighted by Gasteiger charge is 2.17. The molecule has 0 spiro atoms. The summed E-state index contributed by atoms with van der Waals surface area (Å²) >= 11 is 6.05. The van der Waals surface area contributed by atoms with E-state index in [1.54, 1.807) is 0 Å². The summed E-state index contributed by atoms with van der Waals surface area (Å²) in [4.78, 5) is 2.42. The van der Waals surface area contributed by atoms with Crippen molar-refractivity contribution in [3.05, 3.63) is 34.9 Å². The lowest BCUT2D eigenvalue weighted by Gasteiger charge is -2.31. The lowest BCUT2D eigenvalue weighted by Crippen LogP contribution is -2.32. The first kappa shape index (κ1) is 15.5. The number of nitrogens with one attached hydrogen (secondary N) is 1. The van der Waals surface area contributed by atoms with Gasteiger partial charge in [-0.1, -0.05) is 23.7 Å². The molecule has 0 aliphatic rings. The van der Waals surface area contributed by atoms with Gasteiger partial charge >= 0.3 is 0 Å². The predicted octanol–water partition coefficient (Wildman–Crippen LogP) is 3.72. The molecule has 0 aromatic heterocycles. The van der Waals surface area contributed by atoms with Crippen molar-refractivity contribution in [1.29, 1.82) is 0 Å². The molecule has 0 amide bonds. The Hall–Kier alpha value is -0.570. The Morgan fingerprint density at radius 3 is 2.67 bits per heavy atom. The van der Waals surface area contributed by atoms with Crippen molar-refractivity contribution in [2.75, 3.05) is 20.6 Å². The maximum Gasteiger partial charge on any atom is 0.0409 e. The third kappa shape index (κ3) is 4.60. The maximum atomic E-state index is 6.05. The number of halogens is 1. The van der Waals surface area contributed by atoms with Gasteiger partial charge in [-0.15, -0.1) is 0 Å². The lowest BCUT2D eigenvalue weighted by molar-refractivity contribution is 0.186. The van der Waals surface area contributed by atoms with Crippen LogP contribution in [0, 0.1) is 0 Å². The summed E-state index contributed by atoms with van der Waals surface area (Å²) < 4.78 is 0. The topological polar surface area (TPSA) is 15.3 Å². The van der Waals surface area contributed by atoms with Gasteiger partial charge in [-0.3, -0.25) is 4.90 Å². The van der Waals surface area contributed by atoms with Gasteiger partial charge in [0.05, 0.1) is 0 Å². The Labute approximate surface area is 116 Å². The first-order chi connectivity index (χ1) is 8.56. The first-order valence-corrected chi connectivity index (χ1v) is 7.06. The van der Waals surface area contributed by atoms with Gasteiger partial charge in [-0.2, -0.15) is 0 Å². The largest absolute Gasteiger partial charge is 0.320 e. The molecule has 0 saturated heterocycles. The molecule has 102 valence electrons. The van der Waals surface area contributed by atoms with Gasteiger partial charge in [0.1, 0.15) is 0 Å². The van der Waals surface area contributed by atoms with Gasteiger partial charge < -0.3 is 5.32 Å². The zero-order valence-corrected chi connectivity index (χ0v) is 12.7. The fourth-order valence-corrected chi connectivity index (χ4v) is 2.36. The fraction of sp³-hybridized carbons (Fsp3) is 0.600. The highest BCUT2D eigenvalue weighted by molar-refractivity contribution is 6.30. The average molecular weight is 269 g/mol. The van der Waals surface area contributed by atoms with E-state index in [2.05, 4.69) is 43.2 Å². The van der Waals surface area contributed by atoms with E-state index in [-0.39, 0.29) is 0 Å². The number of nitrogens with zero attached hydrogens (tertiary/aromatic N) is 1.